The largest absolute Gasteiger partial charge is 0.347 e. The van der Waals surface area contributed by atoms with E-state index < -0.39 is 5.54 Å². The number of carbonyl (C=O) groups excluding carboxylic acids is 3. The van der Waals surface area contributed by atoms with Gasteiger partial charge in [-0.05, 0) is 18.1 Å². The van der Waals surface area contributed by atoms with Crippen LogP contribution in [0.15, 0.2) is 42.6 Å². The van der Waals surface area contributed by atoms with Gasteiger partial charge in [0.1, 0.15) is 5.69 Å². The fourth-order valence-electron chi connectivity index (χ4n) is 5.08. The maximum absolute atomic E-state index is 13.5. The monoisotopic (exact) mass is 409 g/mol. The summed E-state index contributed by atoms with van der Waals surface area (Å²) in [6.07, 6.45) is 2.44. The van der Waals surface area contributed by atoms with Crippen LogP contribution in [0, 0.1) is 5.92 Å². The molecule has 1 aromatic heterocycles. The van der Waals surface area contributed by atoms with Crippen LogP contribution in [0.5, 0.6) is 0 Å². The summed E-state index contributed by atoms with van der Waals surface area (Å²) in [7, 11) is 1.78. The number of likely N-dealkylation sites (tertiary alicyclic amines) is 2. The molecule has 3 amide bonds. The van der Waals surface area contributed by atoms with Crippen molar-refractivity contribution < 1.29 is 14.4 Å². The smallest absolute Gasteiger partial charge is 0.274 e. The maximum Gasteiger partial charge on any atom is 0.274 e. The van der Waals surface area contributed by atoms with Gasteiger partial charge in [-0.25, -0.2) is 0 Å². The highest BCUT2D eigenvalue weighted by molar-refractivity contribution is 5.93. The van der Waals surface area contributed by atoms with Crippen LogP contribution in [0.3, 0.4) is 0 Å². The van der Waals surface area contributed by atoms with Gasteiger partial charge in [-0.2, -0.15) is 5.10 Å². The Hall–Kier alpha value is -3.16. The Morgan fingerprint density at radius 2 is 1.83 bits per heavy atom. The molecule has 1 N–H and O–H groups in total. The average Bonchev–Trinajstić information content (AvgIpc) is 3.28. The van der Waals surface area contributed by atoms with E-state index in [-0.39, 0.29) is 29.7 Å². The van der Waals surface area contributed by atoms with Crippen LogP contribution >= 0.6 is 0 Å². The minimum absolute atomic E-state index is 0.00735. The number of nitrogens with one attached hydrogen (secondary N) is 1. The molecule has 8 heteroatoms. The van der Waals surface area contributed by atoms with Crippen LogP contribution in [0.4, 0.5) is 0 Å². The van der Waals surface area contributed by atoms with Gasteiger partial charge in [0.25, 0.3) is 5.91 Å². The Kier molecular flexibility index (Phi) is 5.09. The van der Waals surface area contributed by atoms with Gasteiger partial charge in [0.15, 0.2) is 0 Å². The van der Waals surface area contributed by atoms with Gasteiger partial charge in [-0.1, -0.05) is 30.3 Å². The lowest BCUT2D eigenvalue weighted by atomic mass is 9.75. The van der Waals surface area contributed by atoms with Crippen molar-refractivity contribution in [1.29, 1.82) is 0 Å². The molecule has 0 aliphatic carbocycles. The Bertz CT molecular complexity index is 972. The number of hydrogen-bond donors (Lipinski definition) is 1. The third kappa shape index (κ3) is 3.46. The SMILES string of the molecule is CC(=O)N[C@@]12CN(C(C)=O)CC[C@@H]1[C@@H](c1ccccc1)N(C(=O)c1ccn(C)n1)C2. The second-order valence-corrected chi connectivity index (χ2v) is 8.34. The number of amides is 3. The summed E-state index contributed by atoms with van der Waals surface area (Å²) in [5, 5.41) is 7.43. The molecular weight excluding hydrogens is 382 g/mol. The topological polar surface area (TPSA) is 87.5 Å². The van der Waals surface area contributed by atoms with Crippen molar-refractivity contribution in [2.24, 2.45) is 13.0 Å². The van der Waals surface area contributed by atoms with E-state index in [9.17, 15) is 14.4 Å². The molecular formula is C22H27N5O3. The number of carbonyl (C=O) groups is 3. The molecule has 30 heavy (non-hydrogen) atoms. The fraction of sp³-hybridized carbons (Fsp3) is 0.455. The zero-order chi connectivity index (χ0) is 21.5. The van der Waals surface area contributed by atoms with Crippen LogP contribution in [0.25, 0.3) is 0 Å². The first-order valence-corrected chi connectivity index (χ1v) is 10.2. The van der Waals surface area contributed by atoms with Crippen LogP contribution in [0.1, 0.15) is 42.4 Å². The molecule has 158 valence electrons. The van der Waals surface area contributed by atoms with E-state index in [1.165, 1.54) is 6.92 Å². The highest BCUT2D eigenvalue weighted by Gasteiger charge is 2.57. The van der Waals surface area contributed by atoms with E-state index >= 15 is 0 Å². The minimum atomic E-state index is -0.694. The molecule has 0 radical (unpaired) electrons. The van der Waals surface area contributed by atoms with Gasteiger partial charge in [-0.15, -0.1) is 0 Å². The van der Waals surface area contributed by atoms with E-state index in [0.29, 0.717) is 31.7 Å². The Balaban J connectivity index is 1.79. The van der Waals surface area contributed by atoms with E-state index in [2.05, 4.69) is 10.4 Å². The molecule has 3 heterocycles. The van der Waals surface area contributed by atoms with Gasteiger partial charge in [-0.3, -0.25) is 19.1 Å². The first-order chi connectivity index (χ1) is 14.3. The first-order valence-electron chi connectivity index (χ1n) is 10.2. The lowest BCUT2D eigenvalue weighted by Gasteiger charge is -2.45. The van der Waals surface area contributed by atoms with E-state index in [1.807, 2.05) is 35.2 Å². The number of piperidine rings is 1. The van der Waals surface area contributed by atoms with Crippen molar-refractivity contribution >= 4 is 17.7 Å². The molecule has 2 aliphatic heterocycles. The minimum Gasteiger partial charge on any atom is -0.347 e. The number of aromatic nitrogens is 2. The molecule has 0 spiro atoms. The van der Waals surface area contributed by atoms with Crippen molar-refractivity contribution in [2.75, 3.05) is 19.6 Å². The van der Waals surface area contributed by atoms with Gasteiger partial charge in [0.05, 0.1) is 11.6 Å². The van der Waals surface area contributed by atoms with Gasteiger partial charge >= 0.3 is 0 Å². The summed E-state index contributed by atoms with van der Waals surface area (Å²) in [4.78, 5) is 41.4. The van der Waals surface area contributed by atoms with Gasteiger partial charge < -0.3 is 15.1 Å². The summed E-state index contributed by atoms with van der Waals surface area (Å²) in [6.45, 7) is 4.36. The fourth-order valence-corrected chi connectivity index (χ4v) is 5.08. The van der Waals surface area contributed by atoms with Gasteiger partial charge in [0.2, 0.25) is 11.8 Å². The molecule has 8 nitrogen and oxygen atoms in total. The Morgan fingerprint density at radius 1 is 1.10 bits per heavy atom. The summed E-state index contributed by atoms with van der Waals surface area (Å²) in [5.41, 5.74) is 0.703. The molecule has 0 saturated carbocycles. The van der Waals surface area contributed by atoms with Crippen LogP contribution in [-0.4, -0.2) is 62.5 Å². The Labute approximate surface area is 175 Å². The number of fused-ring (bicyclic) bond motifs is 1. The normalized spacial score (nSPS) is 25.7. The third-order valence-corrected chi connectivity index (χ3v) is 6.27. The Morgan fingerprint density at radius 3 is 2.43 bits per heavy atom. The number of benzene rings is 1. The molecule has 2 aliphatic rings. The highest BCUT2D eigenvalue weighted by Crippen LogP contribution is 2.48. The summed E-state index contributed by atoms with van der Waals surface area (Å²) >= 11 is 0. The van der Waals surface area contributed by atoms with Gasteiger partial charge in [0, 0.05) is 52.6 Å². The average molecular weight is 409 g/mol. The summed E-state index contributed by atoms with van der Waals surface area (Å²) in [6, 6.07) is 11.4. The lowest BCUT2D eigenvalue weighted by Crippen LogP contribution is -2.64. The number of rotatable bonds is 3. The van der Waals surface area contributed by atoms with Crippen molar-refractivity contribution in [3.63, 3.8) is 0 Å². The first kappa shape index (κ1) is 20.1. The summed E-state index contributed by atoms with van der Waals surface area (Å²) < 4.78 is 1.61. The van der Waals surface area contributed by atoms with Crippen LogP contribution in [-0.2, 0) is 16.6 Å². The van der Waals surface area contributed by atoms with E-state index in [4.69, 9.17) is 0 Å². The van der Waals surface area contributed by atoms with E-state index in [0.717, 1.165) is 5.56 Å². The van der Waals surface area contributed by atoms with Crippen LogP contribution in [0.2, 0.25) is 0 Å². The standard InChI is InChI=1S/C22H27N5O3/c1-15(28)23-22-13-26(16(2)29)12-9-18(22)20(17-7-5-4-6-8-17)27(14-22)21(30)19-10-11-25(3)24-19/h4-8,10-11,18,20H,9,12-14H2,1-3H3,(H,23,28)/t18-,20-,22-/m1/s1. The predicted octanol–water partition coefficient (Wildman–Crippen LogP) is 1.36. The number of hydrogen-bond acceptors (Lipinski definition) is 4. The van der Waals surface area contributed by atoms with Crippen molar-refractivity contribution in [2.45, 2.75) is 31.8 Å². The zero-order valence-corrected chi connectivity index (χ0v) is 17.5. The van der Waals surface area contributed by atoms with E-state index in [1.54, 1.807) is 35.8 Å². The molecule has 3 atom stereocenters. The lowest BCUT2D eigenvalue weighted by molar-refractivity contribution is -0.134. The zero-order valence-electron chi connectivity index (χ0n) is 17.5. The number of aryl methyl sites for hydroxylation is 1. The highest BCUT2D eigenvalue weighted by atomic mass is 16.2. The number of nitrogens with zero attached hydrogens (tertiary/aromatic N) is 4. The third-order valence-electron chi connectivity index (χ3n) is 6.27. The second kappa shape index (κ2) is 7.59. The molecule has 4 rings (SSSR count). The van der Waals surface area contributed by atoms with Crippen LogP contribution < -0.4 is 5.32 Å². The quantitative estimate of drug-likeness (QED) is 0.829. The summed E-state index contributed by atoms with van der Waals surface area (Å²) in [5.74, 6) is -0.363. The molecule has 0 bridgehead atoms. The molecule has 2 saturated heterocycles. The second-order valence-electron chi connectivity index (χ2n) is 8.34. The van der Waals surface area contributed by atoms with Crippen molar-refractivity contribution in [3.8, 4) is 0 Å². The molecule has 2 fully saturated rings. The maximum atomic E-state index is 13.5. The molecule has 0 unspecified atom stereocenters. The predicted molar refractivity (Wildman–Crippen MR) is 110 cm³/mol. The van der Waals surface area contributed by atoms with Crippen molar-refractivity contribution in [1.82, 2.24) is 24.9 Å². The molecule has 2 aromatic rings. The molecule has 1 aromatic carbocycles. The van der Waals surface area contributed by atoms with Crippen molar-refractivity contribution in [3.05, 3.63) is 53.9 Å².